The number of nitrogens with zero attached hydrogens (tertiary/aromatic N) is 2. The SMILES string of the molecule is N#Cc1cnc2cc1CCCCCCCCC2. The topological polar surface area (TPSA) is 36.7 Å². The van der Waals surface area contributed by atoms with Crippen molar-refractivity contribution in [2.75, 3.05) is 0 Å². The van der Waals surface area contributed by atoms with Crippen molar-refractivity contribution >= 4 is 0 Å². The zero-order valence-corrected chi connectivity index (χ0v) is 10.4. The minimum Gasteiger partial charge on any atom is -0.260 e. The third kappa shape index (κ3) is 3.56. The summed E-state index contributed by atoms with van der Waals surface area (Å²) in [6.45, 7) is 0. The Morgan fingerprint density at radius 1 is 0.941 bits per heavy atom. The molecule has 0 atom stereocenters. The van der Waals surface area contributed by atoms with E-state index < -0.39 is 0 Å². The normalized spacial score (nSPS) is 17.6. The van der Waals surface area contributed by atoms with E-state index in [-0.39, 0.29) is 0 Å². The monoisotopic (exact) mass is 228 g/mol. The molecule has 0 fully saturated rings. The maximum absolute atomic E-state index is 9.06. The molecule has 2 bridgehead atoms. The lowest BCUT2D eigenvalue weighted by molar-refractivity contribution is 0.573. The molecule has 17 heavy (non-hydrogen) atoms. The second-order valence-corrected chi connectivity index (χ2v) is 4.92. The largest absolute Gasteiger partial charge is 0.260 e. The van der Waals surface area contributed by atoms with Crippen molar-refractivity contribution in [3.63, 3.8) is 0 Å². The van der Waals surface area contributed by atoms with Crippen LogP contribution >= 0.6 is 0 Å². The van der Waals surface area contributed by atoms with Gasteiger partial charge >= 0.3 is 0 Å². The van der Waals surface area contributed by atoms with Gasteiger partial charge in [-0.05, 0) is 37.3 Å². The van der Waals surface area contributed by atoms with Crippen molar-refractivity contribution in [1.29, 1.82) is 5.26 Å². The summed E-state index contributed by atoms with van der Waals surface area (Å²) < 4.78 is 0. The lowest BCUT2D eigenvalue weighted by atomic mass is 9.98. The molecular weight excluding hydrogens is 208 g/mol. The second-order valence-electron chi connectivity index (χ2n) is 4.92. The van der Waals surface area contributed by atoms with Crippen LogP contribution < -0.4 is 0 Å². The Balaban J connectivity index is 2.15. The Morgan fingerprint density at radius 2 is 1.59 bits per heavy atom. The summed E-state index contributed by atoms with van der Waals surface area (Å²) in [6.07, 6.45) is 13.0. The van der Waals surface area contributed by atoms with E-state index >= 15 is 0 Å². The Bertz CT molecular complexity index is 404. The molecule has 2 heteroatoms. The lowest BCUT2D eigenvalue weighted by Gasteiger charge is -2.09. The zero-order valence-electron chi connectivity index (χ0n) is 10.4. The maximum Gasteiger partial charge on any atom is 0.101 e. The highest BCUT2D eigenvalue weighted by molar-refractivity contribution is 5.36. The van der Waals surface area contributed by atoms with Crippen LogP contribution in [0.25, 0.3) is 0 Å². The van der Waals surface area contributed by atoms with Crippen molar-refractivity contribution in [3.05, 3.63) is 29.1 Å². The molecule has 0 unspecified atom stereocenters. The van der Waals surface area contributed by atoms with E-state index in [0.29, 0.717) is 0 Å². The lowest BCUT2D eigenvalue weighted by Crippen LogP contribution is -1.99. The fraction of sp³-hybridized carbons (Fsp3) is 0.600. The molecule has 0 radical (unpaired) electrons. The summed E-state index contributed by atoms with van der Waals surface area (Å²) in [4.78, 5) is 4.39. The van der Waals surface area contributed by atoms with Crippen LogP contribution in [0.4, 0.5) is 0 Å². The highest BCUT2D eigenvalue weighted by Gasteiger charge is 2.06. The summed E-state index contributed by atoms with van der Waals surface area (Å²) in [6, 6.07) is 4.41. The first-order chi connectivity index (χ1) is 8.40. The zero-order chi connectivity index (χ0) is 11.9. The van der Waals surface area contributed by atoms with Gasteiger partial charge in [-0.25, -0.2) is 0 Å². The van der Waals surface area contributed by atoms with Gasteiger partial charge in [0.05, 0.1) is 5.56 Å². The third-order valence-electron chi connectivity index (χ3n) is 3.55. The molecule has 1 aliphatic carbocycles. The first kappa shape index (κ1) is 12.1. The first-order valence-electron chi connectivity index (χ1n) is 6.78. The molecule has 0 aliphatic heterocycles. The van der Waals surface area contributed by atoms with Crippen molar-refractivity contribution in [2.45, 2.75) is 57.8 Å². The number of aromatic nitrogens is 1. The molecule has 1 aromatic rings. The van der Waals surface area contributed by atoms with E-state index in [9.17, 15) is 0 Å². The molecule has 0 N–H and O–H groups in total. The minimum atomic E-state index is 0.769. The molecule has 2 nitrogen and oxygen atoms in total. The second kappa shape index (κ2) is 6.39. The predicted octanol–water partition coefficient (Wildman–Crippen LogP) is 3.78. The van der Waals surface area contributed by atoms with Gasteiger partial charge < -0.3 is 0 Å². The number of hydrogen-bond donors (Lipinski definition) is 0. The van der Waals surface area contributed by atoms with E-state index in [1.54, 1.807) is 6.20 Å². The van der Waals surface area contributed by atoms with Crippen LogP contribution in [0, 0.1) is 11.3 Å². The van der Waals surface area contributed by atoms with E-state index in [1.165, 1.54) is 56.2 Å². The van der Waals surface area contributed by atoms with Gasteiger partial charge in [0.2, 0.25) is 0 Å². The molecule has 2 rings (SSSR count). The molecular formula is C15H20N2. The smallest absolute Gasteiger partial charge is 0.101 e. The third-order valence-corrected chi connectivity index (χ3v) is 3.55. The number of fused-ring (bicyclic) bond motifs is 2. The standard InChI is InChI=1S/C15H20N2/c16-11-14-12-17-15-9-7-5-3-1-2-4-6-8-13(14)10-15/h10,12H,1-9H2. The summed E-state index contributed by atoms with van der Waals surface area (Å²) in [5.74, 6) is 0. The number of rotatable bonds is 0. The molecule has 0 saturated heterocycles. The van der Waals surface area contributed by atoms with E-state index in [0.717, 1.165) is 18.4 Å². The predicted molar refractivity (Wildman–Crippen MR) is 68.7 cm³/mol. The number of aryl methyl sites for hydroxylation is 2. The van der Waals surface area contributed by atoms with Gasteiger partial charge in [0.15, 0.2) is 0 Å². The molecule has 90 valence electrons. The van der Waals surface area contributed by atoms with Gasteiger partial charge in [0.1, 0.15) is 6.07 Å². The molecule has 1 heterocycles. The molecule has 1 aromatic heterocycles. The average molecular weight is 228 g/mol. The van der Waals surface area contributed by atoms with Crippen LogP contribution in [-0.2, 0) is 12.8 Å². The van der Waals surface area contributed by atoms with Crippen LogP contribution in [0.1, 0.15) is 61.8 Å². The van der Waals surface area contributed by atoms with Crippen LogP contribution in [-0.4, -0.2) is 4.98 Å². The van der Waals surface area contributed by atoms with E-state index in [2.05, 4.69) is 17.1 Å². The summed E-state index contributed by atoms with van der Waals surface area (Å²) in [7, 11) is 0. The van der Waals surface area contributed by atoms with Gasteiger partial charge in [-0.2, -0.15) is 5.26 Å². The Hall–Kier alpha value is -1.36. The van der Waals surface area contributed by atoms with E-state index in [1.807, 2.05) is 0 Å². The molecule has 0 aromatic carbocycles. The minimum absolute atomic E-state index is 0.769. The molecule has 0 amide bonds. The summed E-state index contributed by atoms with van der Waals surface area (Å²) in [5, 5.41) is 9.06. The number of pyridine rings is 1. The Morgan fingerprint density at radius 3 is 2.29 bits per heavy atom. The highest BCUT2D eigenvalue weighted by atomic mass is 14.7. The quantitative estimate of drug-likeness (QED) is 0.677. The Labute approximate surface area is 104 Å². The number of nitriles is 1. The summed E-state index contributed by atoms with van der Waals surface area (Å²) >= 11 is 0. The fourth-order valence-electron chi connectivity index (χ4n) is 2.50. The van der Waals surface area contributed by atoms with Gasteiger partial charge in [0.25, 0.3) is 0 Å². The van der Waals surface area contributed by atoms with Gasteiger partial charge in [-0.3, -0.25) is 4.98 Å². The highest BCUT2D eigenvalue weighted by Crippen LogP contribution is 2.17. The molecule has 0 spiro atoms. The van der Waals surface area contributed by atoms with Crippen molar-refractivity contribution < 1.29 is 0 Å². The average Bonchev–Trinajstić information content (AvgIpc) is 2.35. The van der Waals surface area contributed by atoms with Crippen LogP contribution in [0.15, 0.2) is 12.3 Å². The maximum atomic E-state index is 9.06. The van der Waals surface area contributed by atoms with Gasteiger partial charge in [0, 0.05) is 11.9 Å². The Kier molecular flexibility index (Phi) is 4.55. The number of hydrogen-bond acceptors (Lipinski definition) is 2. The fourth-order valence-corrected chi connectivity index (χ4v) is 2.50. The molecule has 0 saturated carbocycles. The van der Waals surface area contributed by atoms with E-state index in [4.69, 9.17) is 5.26 Å². The summed E-state index contributed by atoms with van der Waals surface area (Å²) in [5.41, 5.74) is 3.14. The van der Waals surface area contributed by atoms with Crippen molar-refractivity contribution in [1.82, 2.24) is 4.98 Å². The van der Waals surface area contributed by atoms with Gasteiger partial charge in [-0.15, -0.1) is 0 Å². The van der Waals surface area contributed by atoms with Crippen molar-refractivity contribution in [2.24, 2.45) is 0 Å². The van der Waals surface area contributed by atoms with Crippen molar-refractivity contribution in [3.8, 4) is 6.07 Å². The van der Waals surface area contributed by atoms with Crippen LogP contribution in [0.2, 0.25) is 0 Å². The first-order valence-corrected chi connectivity index (χ1v) is 6.78. The van der Waals surface area contributed by atoms with Crippen LogP contribution in [0.5, 0.6) is 0 Å². The van der Waals surface area contributed by atoms with Gasteiger partial charge in [-0.1, -0.05) is 32.1 Å². The molecule has 1 aliphatic rings. The van der Waals surface area contributed by atoms with Crippen LogP contribution in [0.3, 0.4) is 0 Å².